The number of halogens is 1. The highest BCUT2D eigenvalue weighted by molar-refractivity contribution is 6.01. The molecule has 0 bridgehead atoms. The molecular weight excluding hydrogens is 601 g/mol. The maximum atomic E-state index is 13.9. The number of nitrogens with one attached hydrogen (secondary N) is 1. The molecule has 4 heterocycles. The standard InChI is InChI=1S/C37H34FN3O6/c1-36(35(43)40-19-22-12-15-45-20-22)21-46-34-28(36)18-31(41-33(34)23-5-7-26(38)8-6-23)37(2,44)13-11-29(42)25-16-24-4-3-14-39-32(24)30(17-25)47-27-9-10-27/h3-8,12,14-18,20,27,44H,9-11,13,19,21H2,1-2H3,(H,40,43)/t36-,37-/m0/s1. The topological polar surface area (TPSA) is 124 Å². The number of carbonyl (C=O) groups excluding carboxylic acids is 2. The number of hydrogen-bond acceptors (Lipinski definition) is 8. The summed E-state index contributed by atoms with van der Waals surface area (Å²) in [7, 11) is 0. The summed E-state index contributed by atoms with van der Waals surface area (Å²) in [5.41, 5.74) is 1.05. The second-order valence-corrected chi connectivity index (χ2v) is 12.7. The minimum Gasteiger partial charge on any atom is -0.489 e. The van der Waals surface area contributed by atoms with E-state index >= 15 is 0 Å². The SMILES string of the molecule is C[C@](O)(CCC(=O)c1cc(OC2CC2)c2ncccc2c1)c1cc2c(c(-c3ccc(F)cc3)n1)OC[C@]2(C)C(=O)NCc1ccoc1. The number of hydrogen-bond donors (Lipinski definition) is 2. The molecule has 3 aromatic heterocycles. The second-order valence-electron chi connectivity index (χ2n) is 12.7. The lowest BCUT2D eigenvalue weighted by Gasteiger charge is -2.26. The van der Waals surface area contributed by atoms with Gasteiger partial charge in [-0.15, -0.1) is 0 Å². The molecule has 240 valence electrons. The highest BCUT2D eigenvalue weighted by Crippen LogP contribution is 2.46. The van der Waals surface area contributed by atoms with Crippen LogP contribution in [-0.2, 0) is 22.4 Å². The predicted octanol–water partition coefficient (Wildman–Crippen LogP) is 6.41. The number of carbonyl (C=O) groups is 2. The smallest absolute Gasteiger partial charge is 0.234 e. The Kier molecular flexibility index (Phi) is 7.76. The third kappa shape index (κ3) is 6.08. The van der Waals surface area contributed by atoms with E-state index in [1.165, 1.54) is 18.4 Å². The van der Waals surface area contributed by atoms with Crippen molar-refractivity contribution in [2.45, 2.75) is 63.2 Å². The Morgan fingerprint density at radius 2 is 1.96 bits per heavy atom. The molecule has 1 saturated carbocycles. The summed E-state index contributed by atoms with van der Waals surface area (Å²) >= 11 is 0. The van der Waals surface area contributed by atoms with Crippen LogP contribution in [-0.4, -0.2) is 39.5 Å². The molecule has 0 radical (unpaired) electrons. The molecule has 1 aliphatic heterocycles. The maximum absolute atomic E-state index is 13.9. The molecule has 1 amide bonds. The minimum atomic E-state index is -1.57. The number of ketones is 1. The highest BCUT2D eigenvalue weighted by atomic mass is 19.1. The van der Waals surface area contributed by atoms with Crippen molar-refractivity contribution >= 4 is 22.6 Å². The van der Waals surface area contributed by atoms with Crippen LogP contribution in [0.4, 0.5) is 4.39 Å². The lowest BCUT2D eigenvalue weighted by molar-refractivity contribution is -0.126. The summed E-state index contributed by atoms with van der Waals surface area (Å²) in [4.78, 5) is 36.4. The van der Waals surface area contributed by atoms with Crippen LogP contribution >= 0.6 is 0 Å². The molecule has 10 heteroatoms. The zero-order chi connectivity index (χ0) is 32.8. The van der Waals surface area contributed by atoms with Crippen molar-refractivity contribution < 1.29 is 33.0 Å². The van der Waals surface area contributed by atoms with Crippen LogP contribution in [0.25, 0.3) is 22.2 Å². The van der Waals surface area contributed by atoms with Gasteiger partial charge in [0.25, 0.3) is 0 Å². The molecule has 5 aromatic rings. The summed E-state index contributed by atoms with van der Waals surface area (Å²) in [6.45, 7) is 3.68. The fourth-order valence-electron chi connectivity index (χ4n) is 5.83. The first-order valence-electron chi connectivity index (χ1n) is 15.7. The van der Waals surface area contributed by atoms with Crippen molar-refractivity contribution in [3.8, 4) is 22.8 Å². The molecule has 2 aliphatic rings. The third-order valence-electron chi connectivity index (χ3n) is 8.93. The second kappa shape index (κ2) is 11.9. The summed E-state index contributed by atoms with van der Waals surface area (Å²) in [6, 6.07) is 16.5. The number of rotatable bonds is 11. The molecule has 9 nitrogen and oxygen atoms in total. The van der Waals surface area contributed by atoms with Crippen LogP contribution in [0, 0.1) is 5.82 Å². The van der Waals surface area contributed by atoms with Crippen LogP contribution < -0.4 is 14.8 Å². The van der Waals surface area contributed by atoms with Gasteiger partial charge in [-0.25, -0.2) is 9.37 Å². The maximum Gasteiger partial charge on any atom is 0.234 e. The Balaban J connectivity index is 1.19. The molecule has 1 aliphatic carbocycles. The molecule has 2 atom stereocenters. The van der Waals surface area contributed by atoms with Gasteiger partial charge in [0.15, 0.2) is 5.78 Å². The van der Waals surface area contributed by atoms with E-state index in [0.29, 0.717) is 39.4 Å². The first kappa shape index (κ1) is 30.6. The van der Waals surface area contributed by atoms with Gasteiger partial charge in [-0.2, -0.15) is 0 Å². The summed E-state index contributed by atoms with van der Waals surface area (Å²) in [6.07, 6.45) is 6.94. The van der Waals surface area contributed by atoms with E-state index in [4.69, 9.17) is 18.9 Å². The van der Waals surface area contributed by atoms with Gasteiger partial charge >= 0.3 is 0 Å². The number of aromatic nitrogens is 2. The molecule has 0 spiro atoms. The molecule has 0 saturated heterocycles. The average Bonchev–Trinajstić information content (AvgIpc) is 3.60. The molecule has 2 aromatic carbocycles. The van der Waals surface area contributed by atoms with Gasteiger partial charge in [-0.1, -0.05) is 6.07 Å². The van der Waals surface area contributed by atoms with Gasteiger partial charge < -0.3 is 24.3 Å². The van der Waals surface area contributed by atoms with Gasteiger partial charge in [0, 0.05) is 46.8 Å². The molecule has 1 fully saturated rings. The van der Waals surface area contributed by atoms with Crippen molar-refractivity contribution in [3.05, 3.63) is 108 Å². The van der Waals surface area contributed by atoms with Crippen LogP contribution in [0.2, 0.25) is 0 Å². The monoisotopic (exact) mass is 635 g/mol. The Bertz CT molecular complexity index is 1970. The Labute approximate surface area is 270 Å². The summed E-state index contributed by atoms with van der Waals surface area (Å²) in [5.74, 6) is 0.121. The summed E-state index contributed by atoms with van der Waals surface area (Å²) in [5, 5.41) is 15.6. The number of nitrogens with zero attached hydrogens (tertiary/aromatic N) is 2. The predicted molar refractivity (Wildman–Crippen MR) is 172 cm³/mol. The first-order chi connectivity index (χ1) is 22.6. The van der Waals surface area contributed by atoms with Crippen molar-refractivity contribution in [2.24, 2.45) is 0 Å². The normalized spacial score (nSPS) is 18.3. The quantitative estimate of drug-likeness (QED) is 0.160. The number of ether oxygens (including phenoxy) is 2. The van der Waals surface area contributed by atoms with Crippen LogP contribution in [0.3, 0.4) is 0 Å². The molecule has 2 N–H and O–H groups in total. The number of benzene rings is 2. The van der Waals surface area contributed by atoms with Crippen molar-refractivity contribution in [3.63, 3.8) is 0 Å². The van der Waals surface area contributed by atoms with Crippen molar-refractivity contribution in [2.75, 3.05) is 6.61 Å². The molecule has 7 rings (SSSR count). The summed E-state index contributed by atoms with van der Waals surface area (Å²) < 4.78 is 31.2. The third-order valence-corrected chi connectivity index (χ3v) is 8.93. The fourth-order valence-corrected chi connectivity index (χ4v) is 5.83. The van der Waals surface area contributed by atoms with Crippen molar-refractivity contribution in [1.82, 2.24) is 15.3 Å². The fraction of sp³-hybridized carbons (Fsp3) is 0.297. The molecule has 47 heavy (non-hydrogen) atoms. The van der Waals surface area contributed by atoms with E-state index in [2.05, 4.69) is 10.3 Å². The van der Waals surface area contributed by atoms with Gasteiger partial charge in [-0.3, -0.25) is 14.6 Å². The van der Waals surface area contributed by atoms with E-state index in [0.717, 1.165) is 23.8 Å². The zero-order valence-corrected chi connectivity index (χ0v) is 26.1. The number of Topliss-reactive ketones (excluding diaryl/α,β-unsaturated/α-hetero) is 1. The Morgan fingerprint density at radius 1 is 1.15 bits per heavy atom. The largest absolute Gasteiger partial charge is 0.489 e. The van der Waals surface area contributed by atoms with E-state index < -0.39 is 16.8 Å². The Hall–Kier alpha value is -5.09. The number of fused-ring (bicyclic) bond motifs is 2. The molecule has 0 unspecified atom stereocenters. The molecular formula is C37H34FN3O6. The van der Waals surface area contributed by atoms with E-state index in [9.17, 15) is 19.1 Å². The Morgan fingerprint density at radius 3 is 2.70 bits per heavy atom. The van der Waals surface area contributed by atoms with Crippen LogP contribution in [0.1, 0.15) is 66.7 Å². The van der Waals surface area contributed by atoms with E-state index in [1.807, 2.05) is 12.1 Å². The number of aliphatic hydroxyl groups is 1. The lowest BCUT2D eigenvalue weighted by Crippen LogP contribution is -2.43. The minimum absolute atomic E-state index is 0.0191. The van der Waals surface area contributed by atoms with Crippen LogP contribution in [0.5, 0.6) is 11.5 Å². The zero-order valence-electron chi connectivity index (χ0n) is 26.1. The van der Waals surface area contributed by atoms with Gasteiger partial charge in [0.05, 0.1) is 24.3 Å². The van der Waals surface area contributed by atoms with Crippen molar-refractivity contribution in [1.29, 1.82) is 0 Å². The number of amides is 1. The lowest BCUT2D eigenvalue weighted by atomic mass is 9.81. The first-order valence-corrected chi connectivity index (χ1v) is 15.7. The van der Waals surface area contributed by atoms with E-state index in [-0.39, 0.29) is 49.5 Å². The van der Waals surface area contributed by atoms with E-state index in [1.54, 1.807) is 62.7 Å². The van der Waals surface area contributed by atoms with Gasteiger partial charge in [0.1, 0.15) is 46.1 Å². The van der Waals surface area contributed by atoms with Crippen LogP contribution in [0.15, 0.2) is 83.8 Å². The van der Waals surface area contributed by atoms with Gasteiger partial charge in [0.2, 0.25) is 5.91 Å². The average molecular weight is 636 g/mol. The highest BCUT2D eigenvalue weighted by Gasteiger charge is 2.46. The number of pyridine rings is 2. The van der Waals surface area contributed by atoms with Gasteiger partial charge in [-0.05, 0) is 87.7 Å². The number of furan rings is 1.